The molecule has 0 aliphatic heterocycles. The number of hydrogen-bond acceptors (Lipinski definition) is 3. The van der Waals surface area contributed by atoms with Gasteiger partial charge in [0.15, 0.2) is 0 Å². The van der Waals surface area contributed by atoms with Crippen LogP contribution in [-0.4, -0.2) is 34.6 Å². The van der Waals surface area contributed by atoms with Crippen LogP contribution in [0, 0.1) is 0 Å². The van der Waals surface area contributed by atoms with Crippen molar-refractivity contribution in [3.8, 4) is 0 Å². The van der Waals surface area contributed by atoms with E-state index >= 15 is 0 Å². The lowest BCUT2D eigenvalue weighted by Crippen LogP contribution is -2.11. The SMILES string of the molecule is OCCCC(O)CO. The minimum absolute atomic E-state index is 0.0804. The van der Waals surface area contributed by atoms with Crippen LogP contribution in [-0.2, 0) is 0 Å². The molecule has 0 aromatic heterocycles. The summed E-state index contributed by atoms with van der Waals surface area (Å²) in [7, 11) is 0. The molecule has 0 bridgehead atoms. The molecule has 0 heterocycles. The summed E-state index contributed by atoms with van der Waals surface area (Å²) in [6, 6.07) is 0. The van der Waals surface area contributed by atoms with Crippen molar-refractivity contribution < 1.29 is 15.3 Å². The Hall–Kier alpha value is -0.120. The zero-order valence-electron chi connectivity index (χ0n) is 4.75. The average molecular weight is 120 g/mol. The second-order valence-corrected chi connectivity index (χ2v) is 1.70. The van der Waals surface area contributed by atoms with Crippen LogP contribution in [0.4, 0.5) is 0 Å². The molecule has 0 aliphatic rings. The van der Waals surface area contributed by atoms with Crippen LogP contribution in [0.5, 0.6) is 0 Å². The fourth-order valence-electron chi connectivity index (χ4n) is 0.418. The van der Waals surface area contributed by atoms with Crippen LogP contribution in [0.15, 0.2) is 0 Å². The number of hydrogen-bond donors (Lipinski definition) is 3. The van der Waals surface area contributed by atoms with Gasteiger partial charge in [-0.2, -0.15) is 0 Å². The first kappa shape index (κ1) is 7.88. The first-order chi connectivity index (χ1) is 3.81. The Bertz CT molecular complexity index is 46.9. The van der Waals surface area contributed by atoms with E-state index in [2.05, 4.69) is 0 Å². The maximum absolute atomic E-state index is 8.63. The van der Waals surface area contributed by atoms with E-state index in [0.717, 1.165) is 0 Å². The lowest BCUT2D eigenvalue weighted by Gasteiger charge is -2.02. The second-order valence-electron chi connectivity index (χ2n) is 1.70. The normalized spacial score (nSPS) is 13.9. The lowest BCUT2D eigenvalue weighted by molar-refractivity contribution is 0.0817. The van der Waals surface area contributed by atoms with E-state index < -0.39 is 6.10 Å². The molecule has 0 amide bonds. The van der Waals surface area contributed by atoms with E-state index in [-0.39, 0.29) is 13.2 Å². The molecule has 0 radical (unpaired) electrons. The molecule has 0 rings (SSSR count). The number of rotatable bonds is 4. The van der Waals surface area contributed by atoms with Gasteiger partial charge in [-0.15, -0.1) is 0 Å². The summed E-state index contributed by atoms with van der Waals surface area (Å²) >= 11 is 0. The fourth-order valence-corrected chi connectivity index (χ4v) is 0.418. The Morgan fingerprint density at radius 2 is 1.88 bits per heavy atom. The van der Waals surface area contributed by atoms with Gasteiger partial charge >= 0.3 is 0 Å². The Kier molecular flexibility index (Phi) is 4.95. The molecular formula is C5H12O3. The van der Waals surface area contributed by atoms with Crippen molar-refractivity contribution in [2.45, 2.75) is 18.9 Å². The number of aliphatic hydroxyl groups excluding tert-OH is 3. The Balaban J connectivity index is 2.86. The minimum atomic E-state index is -0.651. The Labute approximate surface area is 48.6 Å². The molecule has 0 saturated carbocycles. The van der Waals surface area contributed by atoms with E-state index in [0.29, 0.717) is 12.8 Å². The summed E-state index contributed by atoms with van der Waals surface area (Å²) in [5, 5.41) is 25.1. The minimum Gasteiger partial charge on any atom is -0.396 e. The van der Waals surface area contributed by atoms with Crippen LogP contribution in [0.2, 0.25) is 0 Å². The third-order valence-electron chi connectivity index (χ3n) is 0.906. The van der Waals surface area contributed by atoms with Crippen molar-refractivity contribution in [1.82, 2.24) is 0 Å². The maximum atomic E-state index is 8.63. The summed E-state index contributed by atoms with van der Waals surface area (Å²) in [5.41, 5.74) is 0. The van der Waals surface area contributed by atoms with Gasteiger partial charge in [0, 0.05) is 6.61 Å². The Morgan fingerprint density at radius 3 is 2.25 bits per heavy atom. The van der Waals surface area contributed by atoms with Crippen LogP contribution in [0.25, 0.3) is 0 Å². The van der Waals surface area contributed by atoms with E-state index in [4.69, 9.17) is 15.3 Å². The highest BCUT2D eigenvalue weighted by molar-refractivity contribution is 4.50. The molecule has 0 aliphatic carbocycles. The van der Waals surface area contributed by atoms with Gasteiger partial charge in [0.05, 0.1) is 12.7 Å². The molecule has 1 atom stereocenters. The Morgan fingerprint density at radius 1 is 1.25 bits per heavy atom. The highest BCUT2D eigenvalue weighted by Crippen LogP contribution is 1.92. The van der Waals surface area contributed by atoms with Crippen molar-refractivity contribution in [2.75, 3.05) is 13.2 Å². The van der Waals surface area contributed by atoms with Gasteiger partial charge in [0.2, 0.25) is 0 Å². The summed E-state index contributed by atoms with van der Waals surface area (Å²) < 4.78 is 0. The van der Waals surface area contributed by atoms with Gasteiger partial charge in [0.25, 0.3) is 0 Å². The molecule has 0 aromatic carbocycles. The van der Waals surface area contributed by atoms with E-state index in [1.54, 1.807) is 0 Å². The van der Waals surface area contributed by atoms with E-state index in [9.17, 15) is 0 Å². The molecule has 3 nitrogen and oxygen atoms in total. The highest BCUT2D eigenvalue weighted by atomic mass is 16.3. The summed E-state index contributed by atoms with van der Waals surface area (Å²) in [6.45, 7) is -0.128. The molecule has 50 valence electrons. The van der Waals surface area contributed by atoms with Gasteiger partial charge in [0.1, 0.15) is 0 Å². The summed E-state index contributed by atoms with van der Waals surface area (Å²) in [6.07, 6.45) is 0.386. The smallest absolute Gasteiger partial charge is 0.0771 e. The topological polar surface area (TPSA) is 60.7 Å². The molecule has 3 heteroatoms. The van der Waals surface area contributed by atoms with Gasteiger partial charge in [-0.05, 0) is 12.8 Å². The molecule has 0 spiro atoms. The quantitative estimate of drug-likeness (QED) is 0.451. The molecule has 8 heavy (non-hydrogen) atoms. The van der Waals surface area contributed by atoms with Crippen molar-refractivity contribution in [1.29, 1.82) is 0 Å². The van der Waals surface area contributed by atoms with E-state index in [1.165, 1.54) is 0 Å². The zero-order valence-corrected chi connectivity index (χ0v) is 4.75. The highest BCUT2D eigenvalue weighted by Gasteiger charge is 1.98. The zero-order chi connectivity index (χ0) is 6.41. The third-order valence-corrected chi connectivity index (χ3v) is 0.906. The van der Waals surface area contributed by atoms with Gasteiger partial charge in [-0.3, -0.25) is 0 Å². The van der Waals surface area contributed by atoms with Crippen LogP contribution < -0.4 is 0 Å². The summed E-state index contributed by atoms with van der Waals surface area (Å²) in [5.74, 6) is 0. The van der Waals surface area contributed by atoms with Crippen molar-refractivity contribution in [3.63, 3.8) is 0 Å². The van der Waals surface area contributed by atoms with Crippen molar-refractivity contribution in [3.05, 3.63) is 0 Å². The van der Waals surface area contributed by atoms with Gasteiger partial charge < -0.3 is 15.3 Å². The van der Waals surface area contributed by atoms with Gasteiger partial charge in [-0.1, -0.05) is 0 Å². The third kappa shape index (κ3) is 4.05. The van der Waals surface area contributed by atoms with E-state index in [1.807, 2.05) is 0 Å². The second kappa shape index (κ2) is 5.03. The molecule has 0 saturated heterocycles. The molecule has 1 unspecified atom stereocenters. The van der Waals surface area contributed by atoms with Crippen LogP contribution in [0.3, 0.4) is 0 Å². The average Bonchev–Trinajstić information content (AvgIpc) is 1.83. The van der Waals surface area contributed by atoms with Crippen LogP contribution >= 0.6 is 0 Å². The van der Waals surface area contributed by atoms with Crippen molar-refractivity contribution >= 4 is 0 Å². The molecule has 0 fully saturated rings. The fraction of sp³-hybridized carbons (Fsp3) is 1.00. The lowest BCUT2D eigenvalue weighted by atomic mass is 10.2. The first-order valence-electron chi connectivity index (χ1n) is 2.71. The maximum Gasteiger partial charge on any atom is 0.0771 e. The monoisotopic (exact) mass is 120 g/mol. The standard InChI is InChI=1S/C5H12O3/c6-3-1-2-5(8)4-7/h5-8H,1-4H2. The van der Waals surface area contributed by atoms with Gasteiger partial charge in [-0.25, -0.2) is 0 Å². The largest absolute Gasteiger partial charge is 0.396 e. The predicted molar refractivity (Wildman–Crippen MR) is 29.4 cm³/mol. The predicted octanol–water partition coefficient (Wildman–Crippen LogP) is -0.888. The first-order valence-corrected chi connectivity index (χ1v) is 2.71. The van der Waals surface area contributed by atoms with Crippen LogP contribution in [0.1, 0.15) is 12.8 Å². The molecule has 0 aromatic rings. The van der Waals surface area contributed by atoms with Crippen molar-refractivity contribution in [2.24, 2.45) is 0 Å². The molecular weight excluding hydrogens is 108 g/mol. The number of aliphatic hydroxyl groups is 3. The molecule has 3 N–H and O–H groups in total. The summed E-state index contributed by atoms with van der Waals surface area (Å²) in [4.78, 5) is 0.